The van der Waals surface area contributed by atoms with Crippen molar-refractivity contribution < 1.29 is 81.9 Å². The van der Waals surface area contributed by atoms with Crippen LogP contribution in [0.3, 0.4) is 0 Å². The molecular formula is C11H14BF4KO3S. The van der Waals surface area contributed by atoms with Crippen molar-refractivity contribution in [1.82, 2.24) is 0 Å². The molecule has 0 aliphatic rings. The molecule has 0 saturated carbocycles. The van der Waals surface area contributed by atoms with Gasteiger partial charge in [0.15, 0.2) is 9.84 Å². The molecule has 0 fully saturated rings. The Hall–Kier alpha value is 0.391. The zero-order valence-electron chi connectivity index (χ0n) is 11.8. The number of hydrogen-bond donors (Lipinski definition) is 0. The van der Waals surface area contributed by atoms with Crippen molar-refractivity contribution in [2.24, 2.45) is 0 Å². The van der Waals surface area contributed by atoms with Crippen LogP contribution in [0.15, 0.2) is 18.2 Å². The second-order valence-electron chi connectivity index (χ2n) is 4.26. The summed E-state index contributed by atoms with van der Waals surface area (Å²) in [7, 11) is -3.33. The van der Waals surface area contributed by atoms with Crippen LogP contribution in [-0.4, -0.2) is 33.5 Å². The molecule has 0 saturated heterocycles. The van der Waals surface area contributed by atoms with Crippen LogP contribution in [0.5, 0.6) is 5.75 Å². The van der Waals surface area contributed by atoms with Gasteiger partial charge in [-0.1, -0.05) is 12.4 Å². The first-order chi connectivity index (χ1) is 9.15. The molecule has 0 bridgehead atoms. The molecule has 3 nitrogen and oxygen atoms in total. The Labute approximate surface area is 163 Å². The molecular weight excluding hydrogens is 338 g/mol. The van der Waals surface area contributed by atoms with Crippen LogP contribution in [0.25, 0.3) is 0 Å². The zero-order valence-corrected chi connectivity index (χ0v) is 15.7. The Morgan fingerprint density at radius 2 is 1.81 bits per heavy atom. The van der Waals surface area contributed by atoms with Gasteiger partial charge in [0, 0.05) is 0 Å². The third-order valence-corrected chi connectivity index (χ3v) is 4.31. The van der Waals surface area contributed by atoms with Crippen LogP contribution in [-0.2, 0) is 9.84 Å². The number of rotatable bonds is 7. The predicted octanol–water partition coefficient (Wildman–Crippen LogP) is -0.912. The number of sulfone groups is 1. The van der Waals surface area contributed by atoms with Gasteiger partial charge in [0.1, 0.15) is 12.4 Å². The topological polar surface area (TPSA) is 43.4 Å². The van der Waals surface area contributed by atoms with Crippen LogP contribution in [0.4, 0.5) is 17.3 Å². The summed E-state index contributed by atoms with van der Waals surface area (Å²) in [5.74, 6) is -1.99. The Morgan fingerprint density at radius 1 is 1.19 bits per heavy atom. The van der Waals surface area contributed by atoms with Crippen molar-refractivity contribution in [3.8, 4) is 5.75 Å². The molecule has 0 radical (unpaired) electrons. The van der Waals surface area contributed by atoms with E-state index in [1.165, 1.54) is 0 Å². The quantitative estimate of drug-likeness (QED) is 0.471. The van der Waals surface area contributed by atoms with Crippen molar-refractivity contribution in [2.75, 3.05) is 18.1 Å². The van der Waals surface area contributed by atoms with Gasteiger partial charge in [-0.3, -0.25) is 0 Å². The first kappa shape index (κ1) is 21.4. The number of hydrogen-bond acceptors (Lipinski definition) is 3. The predicted molar refractivity (Wildman–Crippen MR) is 69.6 cm³/mol. The van der Waals surface area contributed by atoms with Crippen LogP contribution < -0.4 is 61.6 Å². The van der Waals surface area contributed by atoms with Crippen molar-refractivity contribution in [1.29, 1.82) is 0 Å². The average molecular weight is 352 g/mol. The van der Waals surface area contributed by atoms with E-state index in [0.717, 1.165) is 12.1 Å². The second-order valence-corrected chi connectivity index (χ2v) is 6.56. The molecule has 21 heavy (non-hydrogen) atoms. The van der Waals surface area contributed by atoms with Crippen molar-refractivity contribution in [3.63, 3.8) is 0 Å². The smallest absolute Gasteiger partial charge is 0.496 e. The molecule has 0 N–H and O–H groups in total. The van der Waals surface area contributed by atoms with E-state index in [1.807, 2.05) is 0 Å². The molecule has 0 spiro atoms. The summed E-state index contributed by atoms with van der Waals surface area (Å²) in [4.78, 5) is 0. The largest absolute Gasteiger partial charge is 1.00 e. The van der Waals surface area contributed by atoms with Crippen LogP contribution in [0.1, 0.15) is 13.3 Å². The summed E-state index contributed by atoms with van der Waals surface area (Å²) in [6, 6.07) is 2.03. The fourth-order valence-corrected chi connectivity index (χ4v) is 2.76. The standard InChI is InChI=1S/C11H14BF4O3S.K/c1-2-6-20(17,18)7-5-19-11-4-3-9(13)8-10(11)12(14,15)16;/h3-4,8H,2,5-7H2,1H3;/q-1;+1. The van der Waals surface area contributed by atoms with Gasteiger partial charge in [0.2, 0.25) is 0 Å². The fourth-order valence-electron chi connectivity index (χ4n) is 1.60. The van der Waals surface area contributed by atoms with Crippen molar-refractivity contribution in [3.05, 3.63) is 24.0 Å². The Balaban J connectivity index is 0.00000400. The summed E-state index contributed by atoms with van der Waals surface area (Å²) in [6.07, 6.45) is 0.426. The van der Waals surface area contributed by atoms with Gasteiger partial charge in [-0.2, -0.15) is 0 Å². The molecule has 1 aromatic rings. The Kier molecular flexibility index (Phi) is 9.04. The number of benzene rings is 1. The number of halogens is 4. The average Bonchev–Trinajstić information content (AvgIpc) is 2.29. The van der Waals surface area contributed by atoms with Crippen LogP contribution >= 0.6 is 0 Å². The van der Waals surface area contributed by atoms with E-state index >= 15 is 0 Å². The minimum atomic E-state index is -5.43. The summed E-state index contributed by atoms with van der Waals surface area (Å²) >= 11 is 0. The van der Waals surface area contributed by atoms with E-state index in [2.05, 4.69) is 0 Å². The molecule has 0 aliphatic carbocycles. The van der Waals surface area contributed by atoms with E-state index < -0.39 is 40.5 Å². The van der Waals surface area contributed by atoms with E-state index in [4.69, 9.17) is 4.74 Å². The zero-order chi connectivity index (χ0) is 15.4. The maximum atomic E-state index is 12.8. The fraction of sp³-hybridized carbons (Fsp3) is 0.455. The normalized spacial score (nSPS) is 11.9. The SMILES string of the molecule is CCCS(=O)(=O)CCOc1ccc(F)cc1[B-](F)(F)F.[K+]. The first-order valence-electron chi connectivity index (χ1n) is 5.98. The molecule has 0 heterocycles. The van der Waals surface area contributed by atoms with Gasteiger partial charge < -0.3 is 17.7 Å². The third-order valence-electron chi connectivity index (χ3n) is 2.49. The van der Waals surface area contributed by atoms with E-state index in [-0.39, 0.29) is 62.9 Å². The second kappa shape index (κ2) is 8.88. The van der Waals surface area contributed by atoms with E-state index in [0.29, 0.717) is 12.5 Å². The van der Waals surface area contributed by atoms with Gasteiger partial charge in [-0.25, -0.2) is 12.8 Å². The molecule has 0 aromatic heterocycles. The monoisotopic (exact) mass is 352 g/mol. The molecule has 114 valence electrons. The molecule has 1 aromatic carbocycles. The molecule has 10 heteroatoms. The number of ether oxygens (including phenoxy) is 1. The summed E-state index contributed by atoms with van der Waals surface area (Å²) in [5, 5.41) is 0. The summed E-state index contributed by atoms with van der Waals surface area (Å²) in [5.41, 5.74) is -1.20. The van der Waals surface area contributed by atoms with E-state index in [9.17, 15) is 25.8 Å². The first-order valence-corrected chi connectivity index (χ1v) is 7.80. The van der Waals surface area contributed by atoms with Crippen molar-refractivity contribution in [2.45, 2.75) is 13.3 Å². The van der Waals surface area contributed by atoms with Gasteiger partial charge >= 0.3 is 58.4 Å². The van der Waals surface area contributed by atoms with Crippen molar-refractivity contribution >= 4 is 22.3 Å². The van der Waals surface area contributed by atoms with Crippen LogP contribution in [0, 0.1) is 5.82 Å². The minimum Gasteiger partial charge on any atom is -0.496 e. The van der Waals surface area contributed by atoms with Gasteiger partial charge in [-0.15, -0.1) is 0 Å². The third kappa shape index (κ3) is 7.47. The molecule has 0 aliphatic heterocycles. The Morgan fingerprint density at radius 3 is 2.33 bits per heavy atom. The minimum absolute atomic E-state index is 0. The maximum Gasteiger partial charge on any atom is 1.00 e. The molecule has 0 atom stereocenters. The van der Waals surface area contributed by atoms with Gasteiger partial charge in [-0.05, 0) is 24.6 Å². The summed E-state index contributed by atoms with van der Waals surface area (Å²) < 4.78 is 78.6. The molecule has 0 amide bonds. The summed E-state index contributed by atoms with van der Waals surface area (Å²) in [6.45, 7) is -4.14. The van der Waals surface area contributed by atoms with Gasteiger partial charge in [0.25, 0.3) is 0 Å². The van der Waals surface area contributed by atoms with Gasteiger partial charge in [0.05, 0.1) is 17.3 Å². The molecule has 0 unspecified atom stereocenters. The maximum absolute atomic E-state index is 12.8. The van der Waals surface area contributed by atoms with E-state index in [1.54, 1.807) is 6.92 Å². The molecule has 1 rings (SSSR count). The Bertz CT molecular complexity index is 563. The van der Waals surface area contributed by atoms with Crippen LogP contribution in [0.2, 0.25) is 0 Å².